The summed E-state index contributed by atoms with van der Waals surface area (Å²) in [4.78, 5) is 15.6. The summed E-state index contributed by atoms with van der Waals surface area (Å²) in [6, 6.07) is 17.8. The van der Waals surface area contributed by atoms with Crippen LogP contribution in [0.15, 0.2) is 66.8 Å². The summed E-state index contributed by atoms with van der Waals surface area (Å²) >= 11 is 0. The molecule has 1 aliphatic carbocycles. The number of anilines is 1. The van der Waals surface area contributed by atoms with Gasteiger partial charge in [0.25, 0.3) is 6.54 Å². The van der Waals surface area contributed by atoms with E-state index in [1.165, 1.54) is 0 Å². The molecule has 2 aromatic rings. The first-order valence-corrected chi connectivity index (χ1v) is 7.58. The number of allylic oxidation sites excluding steroid dienone is 1. The zero-order chi connectivity index (χ0) is 17.1. The molecule has 0 heterocycles. The van der Waals surface area contributed by atoms with Gasteiger partial charge in [-0.05, 0) is 47.0 Å². The molecule has 0 saturated carbocycles. The van der Waals surface area contributed by atoms with Crippen LogP contribution in [0.2, 0.25) is 0 Å². The fourth-order valence-corrected chi connectivity index (χ4v) is 2.73. The van der Waals surface area contributed by atoms with E-state index in [1.54, 1.807) is 18.2 Å². The van der Waals surface area contributed by atoms with Crippen molar-refractivity contribution >= 4 is 17.2 Å². The van der Waals surface area contributed by atoms with Crippen LogP contribution in [0.4, 0.5) is 5.69 Å². The quantitative estimate of drug-likeness (QED) is 0.666. The molecule has 118 valence electrons. The first-order valence-electron chi connectivity index (χ1n) is 7.58. The van der Waals surface area contributed by atoms with Gasteiger partial charge in [-0.1, -0.05) is 35.7 Å². The minimum atomic E-state index is -0.880. The maximum absolute atomic E-state index is 11.5. The molecule has 0 amide bonds. The fraction of sp³-hybridized carbons (Fsp3) is 0.100. The Morgan fingerprint density at radius 2 is 1.88 bits per heavy atom. The van der Waals surface area contributed by atoms with E-state index in [-0.39, 0.29) is 5.92 Å². The zero-order valence-electron chi connectivity index (χ0n) is 13.1. The molecule has 0 saturated heterocycles. The molecule has 0 fully saturated rings. The smallest absolute Gasteiger partial charge is 0.332 e. The maximum atomic E-state index is 11.5. The van der Waals surface area contributed by atoms with Gasteiger partial charge in [0.1, 0.15) is 5.56 Å². The van der Waals surface area contributed by atoms with Crippen molar-refractivity contribution in [3.05, 3.63) is 88.3 Å². The normalized spacial score (nSPS) is 15.4. The number of carbonyl (C=O) groups is 1. The van der Waals surface area contributed by atoms with E-state index in [0.29, 0.717) is 17.8 Å². The summed E-state index contributed by atoms with van der Waals surface area (Å²) in [5, 5.41) is 9.45. The summed E-state index contributed by atoms with van der Waals surface area (Å²) in [6.45, 7) is 4.13. The second-order valence-electron chi connectivity index (χ2n) is 5.55. The number of benzene rings is 2. The highest BCUT2D eigenvalue weighted by atomic mass is 16.4. The van der Waals surface area contributed by atoms with Crippen LogP contribution in [-0.4, -0.2) is 17.6 Å². The number of carboxylic acids is 1. The maximum Gasteiger partial charge on any atom is 0.332 e. The predicted octanol–water partition coefficient (Wildman–Crippen LogP) is 3.77. The first kappa shape index (κ1) is 15.6. The second-order valence-corrected chi connectivity index (χ2v) is 5.55. The van der Waals surface area contributed by atoms with Gasteiger partial charge in [0.05, 0.1) is 5.57 Å². The van der Waals surface area contributed by atoms with Crippen LogP contribution >= 0.6 is 0 Å². The molecule has 1 unspecified atom stereocenters. The van der Waals surface area contributed by atoms with Crippen LogP contribution in [0.3, 0.4) is 0 Å². The molecular weight excluding hydrogens is 300 g/mol. The third-order valence-electron chi connectivity index (χ3n) is 3.91. The van der Waals surface area contributed by atoms with Crippen LogP contribution in [0.1, 0.15) is 22.6 Å². The van der Waals surface area contributed by atoms with Gasteiger partial charge >= 0.3 is 12.0 Å². The van der Waals surface area contributed by atoms with Crippen LogP contribution < -0.4 is 5.73 Å². The Bertz CT molecular complexity index is 882. The lowest BCUT2D eigenvalue weighted by molar-refractivity contribution is -0.132. The molecule has 0 aromatic heterocycles. The van der Waals surface area contributed by atoms with E-state index in [1.807, 2.05) is 36.4 Å². The second kappa shape index (κ2) is 6.43. The summed E-state index contributed by atoms with van der Waals surface area (Å²) in [5.74, 6) is -1.06. The molecule has 0 bridgehead atoms. The number of carboxylic acid groups (broad SMARTS) is 1. The molecule has 1 aliphatic rings. The topological polar surface area (TPSA) is 67.7 Å². The predicted molar refractivity (Wildman–Crippen MR) is 96.0 cm³/mol. The molecule has 3 rings (SSSR count). The molecule has 0 spiro atoms. The zero-order valence-corrected chi connectivity index (χ0v) is 13.1. The van der Waals surface area contributed by atoms with Crippen molar-refractivity contribution in [2.24, 2.45) is 0 Å². The number of rotatable bonds is 4. The van der Waals surface area contributed by atoms with Gasteiger partial charge in [0.15, 0.2) is 0 Å². The lowest BCUT2D eigenvalue weighted by Gasteiger charge is -2.02. The van der Waals surface area contributed by atoms with Crippen LogP contribution in [0.5, 0.6) is 0 Å². The molecule has 1 atom stereocenters. The number of nitrogens with two attached hydrogens (primary N) is 1. The Balaban J connectivity index is 1.85. The van der Waals surface area contributed by atoms with Crippen LogP contribution in [0.25, 0.3) is 10.4 Å². The standard InChI is InChI=1S/C20H16N2O2/c1-2-11-22-12-13-3-5-14(6-4-13)17-18(19(17)20(23)24)15-7-9-16(21)10-8-15/h2-10,17H,1,11,21H2/p+1. The third-order valence-corrected chi connectivity index (χ3v) is 3.91. The molecule has 2 aromatic carbocycles. The van der Waals surface area contributed by atoms with Gasteiger partial charge in [-0.15, -0.1) is 0 Å². The summed E-state index contributed by atoms with van der Waals surface area (Å²) in [7, 11) is 0. The van der Waals surface area contributed by atoms with Crippen molar-refractivity contribution in [3.8, 4) is 6.07 Å². The van der Waals surface area contributed by atoms with E-state index in [2.05, 4.69) is 17.5 Å². The van der Waals surface area contributed by atoms with Gasteiger partial charge in [-0.2, -0.15) is 0 Å². The van der Waals surface area contributed by atoms with E-state index in [4.69, 9.17) is 5.73 Å². The van der Waals surface area contributed by atoms with E-state index >= 15 is 0 Å². The van der Waals surface area contributed by atoms with Crippen molar-refractivity contribution in [2.45, 2.75) is 5.92 Å². The largest absolute Gasteiger partial charge is 0.478 e. The van der Waals surface area contributed by atoms with Gasteiger partial charge in [-0.25, -0.2) is 4.79 Å². The lowest BCUT2D eigenvalue weighted by atomic mass is 10.0. The summed E-state index contributed by atoms with van der Waals surface area (Å²) in [5.41, 5.74) is 10.4. The number of hydrogen-bond donors (Lipinski definition) is 2. The molecule has 0 radical (unpaired) electrons. The highest BCUT2D eigenvalue weighted by molar-refractivity contribution is 6.12. The first-order chi connectivity index (χ1) is 11.6. The van der Waals surface area contributed by atoms with Crippen molar-refractivity contribution < 1.29 is 9.90 Å². The molecular formula is C20H17N2O2+. The molecule has 0 aliphatic heterocycles. The van der Waals surface area contributed by atoms with Crippen LogP contribution in [-0.2, 0) is 4.79 Å². The van der Waals surface area contributed by atoms with Crippen molar-refractivity contribution in [3.63, 3.8) is 0 Å². The third kappa shape index (κ3) is 3.06. The summed E-state index contributed by atoms with van der Waals surface area (Å²) in [6.07, 6.45) is 1.70. The average Bonchev–Trinajstić information content (AvgIpc) is 3.32. The Labute approximate surface area is 140 Å². The lowest BCUT2D eigenvalue weighted by Crippen LogP contribution is -1.94. The number of nitrogen functional groups attached to an aromatic ring is 1. The number of hydrogen-bond acceptors (Lipinski definition) is 2. The van der Waals surface area contributed by atoms with Crippen molar-refractivity contribution in [1.82, 2.24) is 0 Å². The molecule has 4 heteroatoms. The monoisotopic (exact) mass is 317 g/mol. The minimum Gasteiger partial charge on any atom is -0.478 e. The number of aliphatic carboxylic acids is 1. The minimum absolute atomic E-state index is 0.176. The number of nitrogens with zero attached hydrogens (tertiary/aromatic N) is 1. The summed E-state index contributed by atoms with van der Waals surface area (Å²) < 4.78 is 0. The van der Waals surface area contributed by atoms with Gasteiger partial charge in [0, 0.05) is 11.6 Å². The average molecular weight is 317 g/mol. The Morgan fingerprint density at radius 1 is 1.21 bits per heavy atom. The fourth-order valence-electron chi connectivity index (χ4n) is 2.73. The SMILES string of the molecule is C=CC[N+]#Cc1ccc(C2C(C(=O)O)=C2c2ccc(N)cc2)cc1. The van der Waals surface area contributed by atoms with E-state index < -0.39 is 5.97 Å². The van der Waals surface area contributed by atoms with E-state index in [9.17, 15) is 9.90 Å². The van der Waals surface area contributed by atoms with Gasteiger partial charge in [0.2, 0.25) is 0 Å². The Hall–Kier alpha value is -3.32. The van der Waals surface area contributed by atoms with Gasteiger partial charge < -0.3 is 10.8 Å². The van der Waals surface area contributed by atoms with Crippen molar-refractivity contribution in [2.75, 3.05) is 12.3 Å². The molecule has 4 nitrogen and oxygen atoms in total. The highest BCUT2D eigenvalue weighted by Gasteiger charge is 2.43. The molecule has 24 heavy (non-hydrogen) atoms. The van der Waals surface area contributed by atoms with Crippen LogP contribution in [0, 0.1) is 6.07 Å². The van der Waals surface area contributed by atoms with E-state index in [0.717, 1.165) is 22.3 Å². The Kier molecular flexibility index (Phi) is 4.17. The highest BCUT2D eigenvalue weighted by Crippen LogP contribution is 2.54. The molecule has 3 N–H and O–H groups in total. The Morgan fingerprint density at radius 3 is 2.46 bits per heavy atom. The van der Waals surface area contributed by atoms with Gasteiger partial charge in [-0.3, -0.25) is 0 Å². The van der Waals surface area contributed by atoms with Crippen molar-refractivity contribution in [1.29, 1.82) is 0 Å².